The molecule has 3 rings (SSSR count). The van der Waals surface area contributed by atoms with E-state index in [-0.39, 0.29) is 5.92 Å². The lowest BCUT2D eigenvalue weighted by Gasteiger charge is -2.13. The molecule has 0 aliphatic carbocycles. The zero-order chi connectivity index (χ0) is 14.1. The fraction of sp³-hybridized carbons (Fsp3) is 0.333. The molecule has 5 heteroatoms. The lowest BCUT2D eigenvalue weighted by Crippen LogP contribution is -2.15. The number of nitrogens with zero attached hydrogens (tertiary/aromatic N) is 2. The first-order valence-corrected chi connectivity index (χ1v) is 6.76. The van der Waals surface area contributed by atoms with Gasteiger partial charge in [0.2, 0.25) is 0 Å². The summed E-state index contributed by atoms with van der Waals surface area (Å²) in [6.45, 7) is 4.78. The van der Waals surface area contributed by atoms with Crippen molar-refractivity contribution in [2.45, 2.75) is 25.7 Å². The molecular formula is C15H18N4O. The van der Waals surface area contributed by atoms with E-state index in [4.69, 9.17) is 10.6 Å². The third-order valence-electron chi connectivity index (χ3n) is 3.51. The standard InChI is InChI=1S/C15H18N4O/c1-9(2)12-7-14(19-16)18-15(17-12)11-8-20-13-6-4-3-5-10(11)13/h3-7,9,11H,8,16H2,1-2H3,(H,17,18,19). The van der Waals surface area contributed by atoms with Crippen LogP contribution in [0.15, 0.2) is 30.3 Å². The van der Waals surface area contributed by atoms with Crippen molar-refractivity contribution in [2.24, 2.45) is 5.84 Å². The maximum atomic E-state index is 5.71. The number of fused-ring (bicyclic) bond motifs is 1. The van der Waals surface area contributed by atoms with Gasteiger partial charge in [0.05, 0.1) is 5.92 Å². The van der Waals surface area contributed by atoms with Gasteiger partial charge in [-0.25, -0.2) is 15.8 Å². The number of benzene rings is 1. The molecule has 0 spiro atoms. The predicted molar refractivity (Wildman–Crippen MR) is 77.7 cm³/mol. The molecule has 3 N–H and O–H groups in total. The molecule has 1 atom stereocenters. The Labute approximate surface area is 118 Å². The average Bonchev–Trinajstić information content (AvgIpc) is 2.90. The molecule has 2 heterocycles. The highest BCUT2D eigenvalue weighted by molar-refractivity contribution is 5.44. The van der Waals surface area contributed by atoms with E-state index in [9.17, 15) is 0 Å². The summed E-state index contributed by atoms with van der Waals surface area (Å²) in [7, 11) is 0. The summed E-state index contributed by atoms with van der Waals surface area (Å²) in [6.07, 6.45) is 0. The van der Waals surface area contributed by atoms with Crippen LogP contribution in [-0.2, 0) is 0 Å². The quantitative estimate of drug-likeness (QED) is 0.662. The van der Waals surface area contributed by atoms with Gasteiger partial charge in [-0.2, -0.15) is 0 Å². The number of hydrogen-bond donors (Lipinski definition) is 2. The van der Waals surface area contributed by atoms with Crippen molar-refractivity contribution in [3.05, 3.63) is 47.4 Å². The van der Waals surface area contributed by atoms with Gasteiger partial charge >= 0.3 is 0 Å². The van der Waals surface area contributed by atoms with E-state index in [0.717, 1.165) is 22.8 Å². The normalized spacial score (nSPS) is 16.9. The van der Waals surface area contributed by atoms with Crippen LogP contribution in [0.4, 0.5) is 5.82 Å². The lowest BCUT2D eigenvalue weighted by molar-refractivity contribution is 0.339. The number of rotatable bonds is 3. The average molecular weight is 270 g/mol. The number of aromatic nitrogens is 2. The number of ether oxygens (including phenoxy) is 1. The molecule has 1 aromatic carbocycles. The highest BCUT2D eigenvalue weighted by Gasteiger charge is 2.28. The van der Waals surface area contributed by atoms with Crippen LogP contribution < -0.4 is 16.0 Å². The molecule has 0 saturated heterocycles. The maximum Gasteiger partial charge on any atom is 0.143 e. The van der Waals surface area contributed by atoms with Gasteiger partial charge in [-0.15, -0.1) is 0 Å². The predicted octanol–water partition coefficient (Wildman–Crippen LogP) is 2.41. The van der Waals surface area contributed by atoms with Crippen LogP contribution in [0.2, 0.25) is 0 Å². The van der Waals surface area contributed by atoms with Gasteiger partial charge in [0, 0.05) is 17.3 Å². The number of nitrogens with one attached hydrogen (secondary N) is 1. The Morgan fingerprint density at radius 1 is 1.30 bits per heavy atom. The number of hydrazine groups is 1. The smallest absolute Gasteiger partial charge is 0.143 e. The number of hydrogen-bond acceptors (Lipinski definition) is 5. The van der Waals surface area contributed by atoms with Crippen LogP contribution in [-0.4, -0.2) is 16.6 Å². The van der Waals surface area contributed by atoms with Crippen molar-refractivity contribution in [3.63, 3.8) is 0 Å². The van der Waals surface area contributed by atoms with Crippen molar-refractivity contribution in [1.29, 1.82) is 0 Å². The first kappa shape index (κ1) is 12.9. The van der Waals surface area contributed by atoms with Gasteiger partial charge in [0.1, 0.15) is 24.0 Å². The van der Waals surface area contributed by atoms with E-state index in [1.807, 2.05) is 24.3 Å². The van der Waals surface area contributed by atoms with Gasteiger partial charge in [-0.3, -0.25) is 0 Å². The molecule has 104 valence electrons. The molecule has 0 amide bonds. The van der Waals surface area contributed by atoms with E-state index in [2.05, 4.69) is 35.3 Å². The minimum Gasteiger partial charge on any atom is -0.492 e. The second kappa shape index (κ2) is 5.09. The van der Waals surface area contributed by atoms with Gasteiger partial charge < -0.3 is 10.2 Å². The van der Waals surface area contributed by atoms with E-state index < -0.39 is 0 Å². The Balaban J connectivity index is 2.05. The summed E-state index contributed by atoms with van der Waals surface area (Å²) < 4.78 is 5.71. The number of nitrogens with two attached hydrogens (primary N) is 1. The zero-order valence-corrected chi connectivity index (χ0v) is 11.6. The Hall–Kier alpha value is -2.14. The molecular weight excluding hydrogens is 252 g/mol. The second-order valence-electron chi connectivity index (χ2n) is 5.24. The van der Waals surface area contributed by atoms with Crippen molar-refractivity contribution < 1.29 is 4.74 Å². The van der Waals surface area contributed by atoms with E-state index in [1.54, 1.807) is 0 Å². The first-order chi connectivity index (χ1) is 9.69. The molecule has 0 saturated carbocycles. The largest absolute Gasteiger partial charge is 0.492 e. The molecule has 0 radical (unpaired) electrons. The number of anilines is 1. The van der Waals surface area contributed by atoms with Crippen LogP contribution >= 0.6 is 0 Å². The molecule has 0 bridgehead atoms. The Kier molecular flexibility index (Phi) is 3.28. The molecule has 1 unspecified atom stereocenters. The lowest BCUT2D eigenvalue weighted by atomic mass is 10.00. The first-order valence-electron chi connectivity index (χ1n) is 6.76. The van der Waals surface area contributed by atoms with Crippen LogP contribution in [0.25, 0.3) is 0 Å². The number of nitrogen functional groups attached to an aromatic ring is 1. The minimum absolute atomic E-state index is 0.0667. The fourth-order valence-electron chi connectivity index (χ4n) is 2.39. The van der Waals surface area contributed by atoms with Gasteiger partial charge in [-0.1, -0.05) is 32.0 Å². The Bertz CT molecular complexity index is 627. The summed E-state index contributed by atoms with van der Waals surface area (Å²) in [4.78, 5) is 9.16. The van der Waals surface area contributed by atoms with E-state index >= 15 is 0 Å². The van der Waals surface area contributed by atoms with Crippen LogP contribution in [0.5, 0.6) is 5.75 Å². The zero-order valence-electron chi connectivity index (χ0n) is 11.6. The van der Waals surface area contributed by atoms with Crippen molar-refractivity contribution >= 4 is 5.82 Å². The van der Waals surface area contributed by atoms with Gasteiger partial charge in [0.15, 0.2) is 0 Å². The van der Waals surface area contributed by atoms with Crippen molar-refractivity contribution in [1.82, 2.24) is 9.97 Å². The Morgan fingerprint density at radius 3 is 2.85 bits per heavy atom. The molecule has 20 heavy (non-hydrogen) atoms. The fourth-order valence-corrected chi connectivity index (χ4v) is 2.39. The molecule has 0 fully saturated rings. The van der Waals surface area contributed by atoms with Gasteiger partial charge in [0.25, 0.3) is 0 Å². The molecule has 1 aliphatic heterocycles. The van der Waals surface area contributed by atoms with Gasteiger partial charge in [-0.05, 0) is 12.0 Å². The summed E-state index contributed by atoms with van der Waals surface area (Å²) in [5, 5.41) is 0. The monoisotopic (exact) mass is 270 g/mol. The SMILES string of the molecule is CC(C)c1cc(NN)nc(C2COc3ccccc32)n1. The van der Waals surface area contributed by atoms with Crippen molar-refractivity contribution in [3.8, 4) is 5.75 Å². The molecule has 2 aromatic rings. The molecule has 1 aromatic heterocycles. The van der Waals surface area contributed by atoms with Crippen LogP contribution in [0, 0.1) is 0 Å². The summed E-state index contributed by atoms with van der Waals surface area (Å²) in [6, 6.07) is 9.90. The van der Waals surface area contributed by atoms with E-state index in [0.29, 0.717) is 18.3 Å². The topological polar surface area (TPSA) is 73.1 Å². The highest BCUT2D eigenvalue weighted by Crippen LogP contribution is 2.37. The third kappa shape index (κ3) is 2.20. The number of para-hydroxylation sites is 1. The van der Waals surface area contributed by atoms with Crippen LogP contribution in [0.1, 0.15) is 42.8 Å². The van der Waals surface area contributed by atoms with Crippen molar-refractivity contribution in [2.75, 3.05) is 12.0 Å². The summed E-state index contributed by atoms with van der Waals surface area (Å²) in [5.74, 6) is 8.21. The molecule has 1 aliphatic rings. The highest BCUT2D eigenvalue weighted by atomic mass is 16.5. The van der Waals surface area contributed by atoms with E-state index in [1.165, 1.54) is 0 Å². The maximum absolute atomic E-state index is 5.71. The summed E-state index contributed by atoms with van der Waals surface area (Å²) in [5.41, 5.74) is 4.73. The second-order valence-corrected chi connectivity index (χ2v) is 5.24. The summed E-state index contributed by atoms with van der Waals surface area (Å²) >= 11 is 0. The molecule has 5 nitrogen and oxygen atoms in total. The van der Waals surface area contributed by atoms with Crippen LogP contribution in [0.3, 0.4) is 0 Å². The Morgan fingerprint density at radius 2 is 2.10 bits per heavy atom. The third-order valence-corrected chi connectivity index (χ3v) is 3.51. The minimum atomic E-state index is 0.0667.